The van der Waals surface area contributed by atoms with Crippen LogP contribution in [0, 0.1) is 13.8 Å². The van der Waals surface area contributed by atoms with Crippen molar-refractivity contribution < 1.29 is 22.2 Å². The predicted octanol–water partition coefficient (Wildman–Crippen LogP) is 5.17. The molecule has 36 heavy (non-hydrogen) atoms. The van der Waals surface area contributed by atoms with Gasteiger partial charge >= 0.3 is 0 Å². The molecule has 0 aliphatic heterocycles. The molecule has 2 aromatic carbocycles. The van der Waals surface area contributed by atoms with E-state index in [4.69, 9.17) is 8.94 Å². The van der Waals surface area contributed by atoms with Crippen molar-refractivity contribution in [1.29, 1.82) is 0 Å². The number of oxazole rings is 1. The number of nitrogens with zero attached hydrogens (tertiary/aromatic N) is 3. The average Bonchev–Trinajstić information content (AvgIpc) is 3.48. The van der Waals surface area contributed by atoms with E-state index >= 15 is 0 Å². The van der Waals surface area contributed by atoms with Crippen molar-refractivity contribution >= 4 is 21.8 Å². The summed E-state index contributed by atoms with van der Waals surface area (Å²) in [7, 11) is -4.03. The maximum Gasteiger partial charge on any atom is 0.264 e. The van der Waals surface area contributed by atoms with Crippen molar-refractivity contribution in [3.05, 3.63) is 71.7 Å². The summed E-state index contributed by atoms with van der Waals surface area (Å²) < 4.78 is 40.1. The molecule has 0 fully saturated rings. The zero-order valence-electron chi connectivity index (χ0n) is 20.8. The van der Waals surface area contributed by atoms with E-state index in [9.17, 15) is 13.2 Å². The van der Waals surface area contributed by atoms with Gasteiger partial charge in [-0.1, -0.05) is 29.4 Å². The van der Waals surface area contributed by atoms with Gasteiger partial charge in [-0.15, -0.1) is 0 Å². The van der Waals surface area contributed by atoms with E-state index in [1.807, 2.05) is 32.0 Å². The summed E-state index contributed by atoms with van der Waals surface area (Å²) in [5.41, 5.74) is 3.84. The largest absolute Gasteiger partial charge is 0.445 e. The summed E-state index contributed by atoms with van der Waals surface area (Å²) in [5, 5.41) is 3.83. The minimum atomic E-state index is -4.03. The zero-order valence-corrected chi connectivity index (χ0v) is 21.6. The Balaban J connectivity index is 1.85. The monoisotopic (exact) mass is 508 g/mol. The summed E-state index contributed by atoms with van der Waals surface area (Å²) >= 11 is 0. The molecule has 188 valence electrons. The van der Waals surface area contributed by atoms with Crippen molar-refractivity contribution in [3.63, 3.8) is 0 Å². The molecule has 0 atom stereocenters. The lowest BCUT2D eigenvalue weighted by atomic mass is 9.96. The van der Waals surface area contributed by atoms with Gasteiger partial charge in [-0.2, -0.15) is 0 Å². The smallest absolute Gasteiger partial charge is 0.264 e. The summed E-state index contributed by atoms with van der Waals surface area (Å²) in [4.78, 5) is 18.4. The molecular formula is C26H28N4O5S. The van der Waals surface area contributed by atoms with Crippen LogP contribution < -0.4 is 4.72 Å². The molecule has 10 heteroatoms. The molecule has 1 amide bonds. The number of aromatic nitrogens is 2. The van der Waals surface area contributed by atoms with Gasteiger partial charge in [0, 0.05) is 36.2 Å². The van der Waals surface area contributed by atoms with Crippen molar-refractivity contribution in [2.45, 2.75) is 52.1 Å². The zero-order chi connectivity index (χ0) is 26.0. The highest BCUT2D eigenvalue weighted by atomic mass is 32.2. The third-order valence-electron chi connectivity index (χ3n) is 6.00. The summed E-state index contributed by atoms with van der Waals surface area (Å²) in [6.45, 7) is 9.13. The second-order valence-electron chi connectivity index (χ2n) is 8.77. The lowest BCUT2D eigenvalue weighted by molar-refractivity contribution is -0.131. The van der Waals surface area contributed by atoms with Gasteiger partial charge in [-0.25, -0.2) is 18.1 Å². The van der Waals surface area contributed by atoms with E-state index in [1.54, 1.807) is 43.1 Å². The van der Waals surface area contributed by atoms with Crippen LogP contribution in [0.15, 0.2) is 68.8 Å². The molecule has 0 saturated heterocycles. The Hall–Kier alpha value is -3.92. The Kier molecular flexibility index (Phi) is 6.98. The van der Waals surface area contributed by atoms with Crippen LogP contribution >= 0.6 is 0 Å². The van der Waals surface area contributed by atoms with Crippen LogP contribution in [-0.4, -0.2) is 35.4 Å². The van der Waals surface area contributed by atoms with Gasteiger partial charge < -0.3 is 13.8 Å². The molecule has 2 aromatic heterocycles. The van der Waals surface area contributed by atoms with E-state index in [-0.39, 0.29) is 29.3 Å². The van der Waals surface area contributed by atoms with Crippen LogP contribution in [-0.2, 0) is 21.4 Å². The van der Waals surface area contributed by atoms with E-state index in [0.717, 1.165) is 11.1 Å². The molecule has 0 saturated carbocycles. The van der Waals surface area contributed by atoms with E-state index in [2.05, 4.69) is 14.9 Å². The minimum Gasteiger partial charge on any atom is -0.445 e. The lowest BCUT2D eigenvalue weighted by Gasteiger charge is -2.27. The third kappa shape index (κ3) is 5.03. The van der Waals surface area contributed by atoms with Gasteiger partial charge in [0.25, 0.3) is 10.0 Å². The second kappa shape index (κ2) is 9.98. The van der Waals surface area contributed by atoms with E-state index < -0.39 is 10.0 Å². The summed E-state index contributed by atoms with van der Waals surface area (Å²) in [6, 6.07) is 12.2. The van der Waals surface area contributed by atoms with Gasteiger partial charge in [-0.05, 0) is 57.0 Å². The van der Waals surface area contributed by atoms with Crippen LogP contribution in [0.4, 0.5) is 5.88 Å². The van der Waals surface area contributed by atoms with Crippen LogP contribution in [0.5, 0.6) is 0 Å². The van der Waals surface area contributed by atoms with Crippen LogP contribution in [0.25, 0.3) is 22.6 Å². The first-order valence-corrected chi connectivity index (χ1v) is 12.9. The number of nitrogens with one attached hydrogen (secondary N) is 1. The number of carbonyl (C=O) groups excluding carboxylic acids is 1. The van der Waals surface area contributed by atoms with Gasteiger partial charge in [0.2, 0.25) is 17.7 Å². The number of carbonyl (C=O) groups is 1. The predicted molar refractivity (Wildman–Crippen MR) is 136 cm³/mol. The van der Waals surface area contributed by atoms with Crippen molar-refractivity contribution in [2.24, 2.45) is 0 Å². The molecule has 0 unspecified atom stereocenters. The Morgan fingerprint density at radius 3 is 2.47 bits per heavy atom. The molecule has 4 rings (SSSR count). The first kappa shape index (κ1) is 25.2. The van der Waals surface area contributed by atoms with Gasteiger partial charge in [-0.3, -0.25) is 4.79 Å². The fourth-order valence-corrected chi connectivity index (χ4v) is 5.21. The number of rotatable bonds is 8. The highest BCUT2D eigenvalue weighted by Gasteiger charge is 2.25. The van der Waals surface area contributed by atoms with Gasteiger partial charge in [0.15, 0.2) is 0 Å². The highest BCUT2D eigenvalue weighted by Crippen LogP contribution is 2.35. The Labute approximate surface area is 210 Å². The normalized spacial score (nSPS) is 11.6. The molecule has 9 nitrogen and oxygen atoms in total. The molecule has 0 spiro atoms. The third-order valence-corrected chi connectivity index (χ3v) is 7.39. The number of amides is 1. The van der Waals surface area contributed by atoms with Crippen LogP contribution in [0.1, 0.15) is 37.6 Å². The van der Waals surface area contributed by atoms with E-state index in [0.29, 0.717) is 28.3 Å². The molecule has 4 aromatic rings. The molecule has 0 aliphatic rings. The fourth-order valence-electron chi connectivity index (χ4n) is 3.94. The number of hydrogen-bond acceptors (Lipinski definition) is 7. The number of aryl methyl sites for hydroxylation is 1. The van der Waals surface area contributed by atoms with E-state index in [1.165, 1.54) is 19.3 Å². The maximum absolute atomic E-state index is 13.5. The Morgan fingerprint density at radius 1 is 1.11 bits per heavy atom. The number of benzene rings is 2. The number of anilines is 1. The van der Waals surface area contributed by atoms with Gasteiger partial charge in [0.1, 0.15) is 6.26 Å². The summed E-state index contributed by atoms with van der Waals surface area (Å²) in [5.74, 6) is 0.418. The van der Waals surface area contributed by atoms with Crippen LogP contribution in [0.3, 0.4) is 0 Å². The molecule has 0 radical (unpaired) electrons. The first-order valence-electron chi connectivity index (χ1n) is 11.4. The maximum atomic E-state index is 13.5. The van der Waals surface area contributed by atoms with Crippen LogP contribution in [0.2, 0.25) is 0 Å². The number of sulfonamides is 1. The minimum absolute atomic E-state index is 0.0564. The Morgan fingerprint density at radius 2 is 1.86 bits per heavy atom. The SMILES string of the molecule is CC(=O)N(Cc1cc(-c2ncco2)ccc1-c1ccccc1S(=O)(=O)Nc1onc(C)c1C)C(C)C. The van der Waals surface area contributed by atoms with Gasteiger partial charge in [0.05, 0.1) is 16.8 Å². The molecule has 0 bridgehead atoms. The highest BCUT2D eigenvalue weighted by molar-refractivity contribution is 7.92. The van der Waals surface area contributed by atoms with Crippen molar-refractivity contribution in [2.75, 3.05) is 4.72 Å². The standard InChI is InChI=1S/C26H28N4O5S/c1-16(2)30(19(5)31)15-21-14-20(26-27-12-13-34-26)10-11-22(21)23-8-6-7-9-24(23)36(32,33)29-25-17(3)18(4)28-35-25/h6-14,16,29H,15H2,1-5H3. The number of hydrogen-bond donors (Lipinski definition) is 1. The second-order valence-corrected chi connectivity index (χ2v) is 10.4. The first-order chi connectivity index (χ1) is 17.1. The van der Waals surface area contributed by atoms with Crippen molar-refractivity contribution in [3.8, 4) is 22.6 Å². The topological polar surface area (TPSA) is 119 Å². The van der Waals surface area contributed by atoms with Crippen molar-refractivity contribution in [1.82, 2.24) is 15.0 Å². The molecule has 0 aliphatic carbocycles. The molecular weight excluding hydrogens is 480 g/mol. The summed E-state index contributed by atoms with van der Waals surface area (Å²) in [6.07, 6.45) is 3.04. The fraction of sp³-hybridized carbons (Fsp3) is 0.269. The molecule has 1 N–H and O–H groups in total. The lowest BCUT2D eigenvalue weighted by Crippen LogP contribution is -2.34. The Bertz CT molecular complexity index is 1490. The quantitative estimate of drug-likeness (QED) is 0.349. The average molecular weight is 509 g/mol. The molecule has 2 heterocycles.